The summed E-state index contributed by atoms with van der Waals surface area (Å²) >= 11 is 0. The van der Waals surface area contributed by atoms with Gasteiger partial charge in [0.15, 0.2) is 0 Å². The quantitative estimate of drug-likeness (QED) is 0.604. The van der Waals surface area contributed by atoms with Crippen LogP contribution in [-0.4, -0.2) is 70.9 Å². The van der Waals surface area contributed by atoms with Gasteiger partial charge in [0.25, 0.3) is 0 Å². The Balaban J connectivity index is 1.67. The molecule has 2 aromatic carbocycles. The number of aryl methyl sites for hydroxylation is 2. The first-order chi connectivity index (χ1) is 15.0. The molecule has 10 heteroatoms. The fourth-order valence-corrected chi connectivity index (χ4v) is 5.83. The number of piperazine rings is 1. The van der Waals surface area contributed by atoms with Crippen molar-refractivity contribution < 1.29 is 21.6 Å². The Morgan fingerprint density at radius 2 is 1.47 bits per heavy atom. The van der Waals surface area contributed by atoms with E-state index in [9.17, 15) is 21.6 Å². The van der Waals surface area contributed by atoms with E-state index >= 15 is 0 Å². The fourth-order valence-electron chi connectivity index (χ4n) is 3.56. The Kier molecular flexibility index (Phi) is 7.26. The van der Waals surface area contributed by atoms with Crippen LogP contribution in [-0.2, 0) is 31.3 Å². The lowest BCUT2D eigenvalue weighted by Crippen LogP contribution is -2.53. The average molecular weight is 480 g/mol. The molecule has 1 aliphatic rings. The maximum Gasteiger partial charge on any atom is 0.243 e. The second-order valence-corrected chi connectivity index (χ2v) is 11.7. The topological polar surface area (TPSA) is 95.1 Å². The highest BCUT2D eigenvalue weighted by atomic mass is 32.2. The normalized spacial score (nSPS) is 15.5. The van der Waals surface area contributed by atoms with E-state index in [1.54, 1.807) is 36.4 Å². The molecule has 0 unspecified atom stereocenters. The van der Waals surface area contributed by atoms with Crippen molar-refractivity contribution in [3.8, 4) is 0 Å². The molecule has 0 atom stereocenters. The van der Waals surface area contributed by atoms with Crippen LogP contribution >= 0.6 is 0 Å². The summed E-state index contributed by atoms with van der Waals surface area (Å²) in [5.41, 5.74) is 2.47. The maximum absolute atomic E-state index is 12.9. The van der Waals surface area contributed by atoms with E-state index < -0.39 is 20.0 Å². The number of amides is 1. The average Bonchev–Trinajstić information content (AvgIpc) is 2.77. The van der Waals surface area contributed by atoms with Crippen LogP contribution in [0.1, 0.15) is 18.1 Å². The van der Waals surface area contributed by atoms with Crippen LogP contribution in [0.5, 0.6) is 0 Å². The van der Waals surface area contributed by atoms with Crippen molar-refractivity contribution in [2.24, 2.45) is 0 Å². The number of hydrogen-bond acceptors (Lipinski definition) is 5. The third kappa shape index (κ3) is 5.48. The maximum atomic E-state index is 12.9. The van der Waals surface area contributed by atoms with Crippen molar-refractivity contribution in [2.75, 3.05) is 43.3 Å². The molecule has 0 saturated carbocycles. The summed E-state index contributed by atoms with van der Waals surface area (Å²) in [5, 5.41) is 0. The SMILES string of the molecule is CCc1ccc(N(CC(=O)N2CCN(S(=O)(=O)c3ccc(C)cc3)CC2)S(C)(=O)=O)cc1. The molecule has 0 aliphatic carbocycles. The predicted molar refractivity (Wildman–Crippen MR) is 125 cm³/mol. The van der Waals surface area contributed by atoms with Gasteiger partial charge in [-0.05, 0) is 43.2 Å². The predicted octanol–water partition coefficient (Wildman–Crippen LogP) is 1.86. The number of carbonyl (C=O) groups excluding carboxylic acids is 1. The van der Waals surface area contributed by atoms with Gasteiger partial charge in [0.05, 0.1) is 16.8 Å². The van der Waals surface area contributed by atoms with Crippen LogP contribution in [0.4, 0.5) is 5.69 Å². The zero-order valence-electron chi connectivity index (χ0n) is 18.6. The Bertz CT molecular complexity index is 1150. The van der Waals surface area contributed by atoms with Gasteiger partial charge in [-0.25, -0.2) is 16.8 Å². The number of hydrogen-bond donors (Lipinski definition) is 0. The zero-order chi connectivity index (χ0) is 23.5. The highest BCUT2D eigenvalue weighted by molar-refractivity contribution is 7.92. The van der Waals surface area contributed by atoms with Crippen molar-refractivity contribution in [3.05, 3.63) is 59.7 Å². The second-order valence-electron chi connectivity index (χ2n) is 7.89. The van der Waals surface area contributed by atoms with E-state index in [-0.39, 0.29) is 43.5 Å². The van der Waals surface area contributed by atoms with E-state index in [1.807, 2.05) is 26.0 Å². The largest absolute Gasteiger partial charge is 0.338 e. The number of benzene rings is 2. The fraction of sp³-hybridized carbons (Fsp3) is 0.409. The minimum Gasteiger partial charge on any atom is -0.338 e. The van der Waals surface area contributed by atoms with Gasteiger partial charge in [-0.2, -0.15) is 4.31 Å². The Morgan fingerprint density at radius 1 is 0.906 bits per heavy atom. The van der Waals surface area contributed by atoms with Gasteiger partial charge in [-0.3, -0.25) is 9.10 Å². The molecule has 0 spiro atoms. The van der Waals surface area contributed by atoms with E-state index in [0.29, 0.717) is 5.69 Å². The van der Waals surface area contributed by atoms with Crippen molar-refractivity contribution in [1.29, 1.82) is 0 Å². The highest BCUT2D eigenvalue weighted by Gasteiger charge is 2.31. The smallest absolute Gasteiger partial charge is 0.243 e. The van der Waals surface area contributed by atoms with E-state index in [4.69, 9.17) is 0 Å². The number of anilines is 1. The number of sulfonamides is 2. The molecule has 0 radical (unpaired) electrons. The summed E-state index contributed by atoms with van der Waals surface area (Å²) in [6.45, 7) is 4.30. The second kappa shape index (κ2) is 9.60. The van der Waals surface area contributed by atoms with Gasteiger partial charge in [-0.1, -0.05) is 36.8 Å². The van der Waals surface area contributed by atoms with Crippen molar-refractivity contribution >= 4 is 31.6 Å². The molecule has 8 nitrogen and oxygen atoms in total. The molecule has 0 aromatic heterocycles. The third-order valence-electron chi connectivity index (χ3n) is 5.56. The molecule has 0 bridgehead atoms. The molecule has 3 rings (SSSR count). The van der Waals surface area contributed by atoms with Gasteiger partial charge in [0, 0.05) is 26.2 Å². The van der Waals surface area contributed by atoms with Crippen LogP contribution in [0.15, 0.2) is 53.4 Å². The number of nitrogens with zero attached hydrogens (tertiary/aromatic N) is 3. The zero-order valence-corrected chi connectivity index (χ0v) is 20.2. The molecular weight excluding hydrogens is 450 g/mol. The van der Waals surface area contributed by atoms with Crippen LogP contribution in [0.25, 0.3) is 0 Å². The van der Waals surface area contributed by atoms with Crippen LogP contribution in [0.2, 0.25) is 0 Å². The van der Waals surface area contributed by atoms with Crippen molar-refractivity contribution in [2.45, 2.75) is 25.2 Å². The summed E-state index contributed by atoms with van der Waals surface area (Å²) in [5.74, 6) is -0.359. The van der Waals surface area contributed by atoms with E-state index in [2.05, 4.69) is 0 Å². The number of rotatable bonds is 7. The summed E-state index contributed by atoms with van der Waals surface area (Å²) in [4.78, 5) is 14.6. The van der Waals surface area contributed by atoms with Crippen LogP contribution in [0.3, 0.4) is 0 Å². The minimum atomic E-state index is -3.67. The highest BCUT2D eigenvalue weighted by Crippen LogP contribution is 2.21. The van der Waals surface area contributed by atoms with Gasteiger partial charge in [0.1, 0.15) is 6.54 Å². The lowest BCUT2D eigenvalue weighted by atomic mass is 10.1. The molecule has 1 heterocycles. The van der Waals surface area contributed by atoms with Gasteiger partial charge >= 0.3 is 0 Å². The standard InChI is InChI=1S/C22H29N3O5S2/c1-4-19-7-9-20(10-8-19)25(31(3,27)28)17-22(26)23-13-15-24(16-14-23)32(29,30)21-11-5-18(2)6-12-21/h5-12H,4,13-17H2,1-3H3. The third-order valence-corrected chi connectivity index (χ3v) is 8.62. The molecule has 1 saturated heterocycles. The van der Waals surface area contributed by atoms with Gasteiger partial charge in [0.2, 0.25) is 26.0 Å². The summed E-state index contributed by atoms with van der Waals surface area (Å²) in [6, 6.07) is 13.7. The van der Waals surface area contributed by atoms with Crippen LogP contribution < -0.4 is 4.31 Å². The first-order valence-electron chi connectivity index (χ1n) is 10.4. The summed E-state index contributed by atoms with van der Waals surface area (Å²) < 4.78 is 52.8. The van der Waals surface area contributed by atoms with Crippen molar-refractivity contribution in [3.63, 3.8) is 0 Å². The lowest BCUT2D eigenvalue weighted by molar-refractivity contribution is -0.130. The Morgan fingerprint density at radius 3 is 1.97 bits per heavy atom. The lowest BCUT2D eigenvalue weighted by Gasteiger charge is -2.35. The number of carbonyl (C=O) groups is 1. The molecule has 32 heavy (non-hydrogen) atoms. The minimum absolute atomic E-state index is 0.159. The molecule has 0 N–H and O–H groups in total. The first kappa shape index (κ1) is 24.2. The summed E-state index contributed by atoms with van der Waals surface area (Å²) in [6.07, 6.45) is 1.90. The molecule has 174 valence electrons. The van der Waals surface area contributed by atoms with E-state index in [0.717, 1.165) is 28.1 Å². The Labute approximate surface area is 190 Å². The van der Waals surface area contributed by atoms with Crippen molar-refractivity contribution in [1.82, 2.24) is 9.21 Å². The van der Waals surface area contributed by atoms with Gasteiger partial charge < -0.3 is 4.90 Å². The Hall–Kier alpha value is -2.43. The summed E-state index contributed by atoms with van der Waals surface area (Å²) in [7, 11) is -7.30. The molecule has 1 aliphatic heterocycles. The molecule has 1 amide bonds. The molecule has 2 aromatic rings. The van der Waals surface area contributed by atoms with Crippen LogP contribution in [0, 0.1) is 6.92 Å². The molecular formula is C22H29N3O5S2. The molecule has 1 fully saturated rings. The monoisotopic (exact) mass is 479 g/mol. The van der Waals surface area contributed by atoms with E-state index in [1.165, 1.54) is 9.21 Å². The van der Waals surface area contributed by atoms with Gasteiger partial charge in [-0.15, -0.1) is 0 Å². The first-order valence-corrected chi connectivity index (χ1v) is 13.7.